The van der Waals surface area contributed by atoms with Crippen LogP contribution < -0.4 is 5.32 Å². The first-order valence-electron chi connectivity index (χ1n) is 16.4. The van der Waals surface area contributed by atoms with Crippen molar-refractivity contribution in [3.8, 4) is 0 Å². The van der Waals surface area contributed by atoms with Crippen LogP contribution in [0.2, 0.25) is 0 Å². The average Bonchev–Trinajstić information content (AvgIpc) is 3.58. The van der Waals surface area contributed by atoms with Crippen molar-refractivity contribution in [2.24, 2.45) is 5.92 Å². The molecule has 0 saturated heterocycles. The number of carbonyl (C=O) groups excluding carboxylic acids is 2. The summed E-state index contributed by atoms with van der Waals surface area (Å²) in [5, 5.41) is 12.8. The van der Waals surface area contributed by atoms with E-state index in [1.54, 1.807) is 60.7 Å². The summed E-state index contributed by atoms with van der Waals surface area (Å²) in [5.41, 5.74) is 3.42. The van der Waals surface area contributed by atoms with Crippen molar-refractivity contribution in [3.63, 3.8) is 0 Å². The molecule has 5 rings (SSSR count). The summed E-state index contributed by atoms with van der Waals surface area (Å²) in [6, 6.07) is 19.2. The summed E-state index contributed by atoms with van der Waals surface area (Å²) in [5.74, 6) is -8.57. The second-order valence-corrected chi connectivity index (χ2v) is 15.6. The minimum atomic E-state index is -4.42. The lowest BCUT2D eigenvalue weighted by Gasteiger charge is -2.40. The van der Waals surface area contributed by atoms with Gasteiger partial charge in [0.2, 0.25) is 21.9 Å². The Hall–Kier alpha value is -3.92. The first-order chi connectivity index (χ1) is 24.2. The highest BCUT2D eigenvalue weighted by atomic mass is 32.2. The van der Waals surface area contributed by atoms with Crippen LogP contribution in [0.5, 0.6) is 0 Å². The number of amides is 1. The molecule has 1 heterocycles. The molecule has 51 heavy (non-hydrogen) atoms. The maximum atomic E-state index is 15.6. The van der Waals surface area contributed by atoms with Crippen molar-refractivity contribution in [3.05, 3.63) is 95.5 Å². The molecule has 2 atom stereocenters. The Morgan fingerprint density at radius 3 is 2.24 bits per heavy atom. The minimum Gasteiger partial charge on any atom is -0.453 e. The fourth-order valence-electron chi connectivity index (χ4n) is 6.47. The number of nitrogens with one attached hydrogen (secondary N) is 1. The maximum Gasteiger partial charge on any atom is 0.407 e. The van der Waals surface area contributed by atoms with E-state index in [2.05, 4.69) is 10.3 Å². The van der Waals surface area contributed by atoms with E-state index in [4.69, 9.17) is 4.74 Å². The third-order valence-corrected chi connectivity index (χ3v) is 11.9. The van der Waals surface area contributed by atoms with Crippen molar-refractivity contribution in [1.29, 1.82) is 0 Å². The number of ketones is 1. The minimum absolute atomic E-state index is 0.170. The smallest absolute Gasteiger partial charge is 0.407 e. The molecule has 4 aromatic rings. The summed E-state index contributed by atoms with van der Waals surface area (Å²) in [7, 11) is -3.29. The Kier molecular flexibility index (Phi) is 12.2. The van der Waals surface area contributed by atoms with Crippen molar-refractivity contribution in [2.45, 2.75) is 73.3 Å². The van der Waals surface area contributed by atoms with Crippen molar-refractivity contribution < 1.29 is 45.4 Å². The van der Waals surface area contributed by atoms with Crippen LogP contribution in [0.25, 0.3) is 10.2 Å². The lowest BCUT2D eigenvalue weighted by Crippen LogP contribution is -2.49. The van der Waals surface area contributed by atoms with Gasteiger partial charge in [-0.3, -0.25) is 4.79 Å². The summed E-state index contributed by atoms with van der Waals surface area (Å²) in [6.45, 7) is -1.21. The van der Waals surface area contributed by atoms with Crippen LogP contribution in [0.1, 0.15) is 55.6 Å². The molecular weight excluding hydrogens is 711 g/mol. The quantitative estimate of drug-likeness (QED) is 0.111. The zero-order valence-corrected chi connectivity index (χ0v) is 29.4. The number of thiazole rings is 1. The molecule has 274 valence electrons. The molecule has 1 aliphatic rings. The molecule has 15 heteroatoms. The SMILES string of the molecule is COC(=O)N[C@H](C(=O)CCC(F)(F)CC[C@@H](CO)N(CC1CC(F)(F)C1)S(=O)(=O)c1ccc2ncsc2c1)C(c1ccccc1)c1ccccc1. The van der Waals surface area contributed by atoms with Crippen molar-refractivity contribution in [1.82, 2.24) is 14.6 Å². The first-order valence-corrected chi connectivity index (χ1v) is 18.7. The number of fused-ring (bicyclic) bond motifs is 1. The number of alkyl carbamates (subject to hydrolysis) is 1. The van der Waals surface area contributed by atoms with Crippen LogP contribution in [0.3, 0.4) is 0 Å². The van der Waals surface area contributed by atoms with Gasteiger partial charge in [0, 0.05) is 50.6 Å². The van der Waals surface area contributed by atoms with Crippen LogP contribution in [0, 0.1) is 5.92 Å². The predicted octanol–water partition coefficient (Wildman–Crippen LogP) is 7.01. The second kappa shape index (κ2) is 16.2. The van der Waals surface area contributed by atoms with Crippen LogP contribution in [-0.4, -0.2) is 78.9 Å². The molecule has 1 aliphatic carbocycles. The van der Waals surface area contributed by atoms with Crippen molar-refractivity contribution >= 4 is 43.5 Å². The normalized spacial score (nSPS) is 16.2. The van der Waals surface area contributed by atoms with E-state index in [0.29, 0.717) is 21.3 Å². The fraction of sp³-hybridized carbons (Fsp3) is 0.417. The lowest BCUT2D eigenvalue weighted by atomic mass is 9.81. The van der Waals surface area contributed by atoms with E-state index in [1.807, 2.05) is 0 Å². The lowest BCUT2D eigenvalue weighted by molar-refractivity contribution is -0.123. The van der Waals surface area contributed by atoms with Crippen LogP contribution in [-0.2, 0) is 19.6 Å². The third kappa shape index (κ3) is 9.50. The highest BCUT2D eigenvalue weighted by molar-refractivity contribution is 7.89. The molecule has 0 radical (unpaired) electrons. The van der Waals surface area contributed by atoms with Gasteiger partial charge in [-0.2, -0.15) is 4.31 Å². The fourth-order valence-corrected chi connectivity index (χ4v) is 9.01. The number of nitrogens with zero attached hydrogens (tertiary/aromatic N) is 2. The summed E-state index contributed by atoms with van der Waals surface area (Å²) >= 11 is 1.20. The maximum absolute atomic E-state index is 15.6. The number of carbonyl (C=O) groups is 2. The number of ether oxygens (including phenoxy) is 1. The second-order valence-electron chi connectivity index (χ2n) is 12.8. The van der Waals surface area contributed by atoms with E-state index < -0.39 is 103 Å². The van der Waals surface area contributed by atoms with Gasteiger partial charge < -0.3 is 15.2 Å². The van der Waals surface area contributed by atoms with Gasteiger partial charge in [0.25, 0.3) is 0 Å². The van der Waals surface area contributed by atoms with Gasteiger partial charge in [-0.15, -0.1) is 11.3 Å². The van der Waals surface area contributed by atoms with E-state index >= 15 is 8.78 Å². The highest BCUT2D eigenvalue weighted by Gasteiger charge is 2.48. The number of aliphatic hydroxyl groups is 1. The molecule has 9 nitrogen and oxygen atoms in total. The summed E-state index contributed by atoms with van der Waals surface area (Å²) in [4.78, 5) is 30.1. The van der Waals surface area contributed by atoms with Gasteiger partial charge >= 0.3 is 6.09 Å². The van der Waals surface area contributed by atoms with E-state index in [1.165, 1.54) is 35.0 Å². The number of benzene rings is 3. The standard InChI is InChI=1S/C36H39F4N3O6S2/c1-49-34(46)42-33(32(25-8-4-2-5-9-25)26-10-6-3-7-11-26)30(45)15-17-35(37,38)16-14-27(22-44)43(21-24-19-36(39,40)20-24)51(47,48)28-12-13-29-31(18-28)50-23-41-29/h2-13,18,23-24,27,32-33,44H,14-17,19-22H2,1H3,(H,42,46)/t27-,33+/m0/s1. The largest absolute Gasteiger partial charge is 0.453 e. The number of alkyl halides is 4. The van der Waals surface area contributed by atoms with Gasteiger partial charge in [-0.25, -0.2) is 35.8 Å². The molecule has 0 unspecified atom stereocenters. The molecule has 1 saturated carbocycles. The van der Waals surface area contributed by atoms with E-state index in [0.717, 1.165) is 11.4 Å². The summed E-state index contributed by atoms with van der Waals surface area (Å²) < 4.78 is 92.6. The molecule has 2 N–H and O–H groups in total. The number of halogens is 4. The monoisotopic (exact) mass is 749 g/mol. The summed E-state index contributed by atoms with van der Waals surface area (Å²) in [6.07, 6.45) is -5.01. The van der Waals surface area contributed by atoms with Gasteiger partial charge in [-0.05, 0) is 41.7 Å². The first kappa shape index (κ1) is 38.3. The number of rotatable bonds is 17. The van der Waals surface area contributed by atoms with Gasteiger partial charge in [0.1, 0.15) is 6.04 Å². The average molecular weight is 750 g/mol. The topological polar surface area (TPSA) is 126 Å². The Balaban J connectivity index is 1.33. The van der Waals surface area contributed by atoms with Crippen LogP contribution >= 0.6 is 11.3 Å². The predicted molar refractivity (Wildman–Crippen MR) is 185 cm³/mol. The zero-order chi connectivity index (χ0) is 36.8. The van der Waals surface area contributed by atoms with E-state index in [-0.39, 0.29) is 11.4 Å². The Labute approximate surface area is 297 Å². The molecule has 3 aromatic carbocycles. The molecule has 1 amide bonds. The van der Waals surface area contributed by atoms with Gasteiger partial charge in [0.05, 0.1) is 34.3 Å². The Morgan fingerprint density at radius 2 is 1.67 bits per heavy atom. The Bertz CT molecular complexity index is 1850. The van der Waals surface area contributed by atoms with Crippen molar-refractivity contribution in [2.75, 3.05) is 20.3 Å². The zero-order valence-electron chi connectivity index (χ0n) is 27.8. The third-order valence-electron chi connectivity index (χ3n) is 9.18. The molecule has 1 aromatic heterocycles. The number of aliphatic hydroxyl groups excluding tert-OH is 1. The molecule has 0 bridgehead atoms. The molecule has 0 spiro atoms. The van der Waals surface area contributed by atoms with E-state index in [9.17, 15) is 31.9 Å². The number of sulfonamides is 1. The molecule has 0 aliphatic heterocycles. The number of hydrogen-bond donors (Lipinski definition) is 2. The van der Waals surface area contributed by atoms with Crippen LogP contribution in [0.4, 0.5) is 22.4 Å². The number of hydrogen-bond acceptors (Lipinski definition) is 8. The molecular formula is C36H39F4N3O6S2. The number of Topliss-reactive ketones (excluding diaryl/α,β-unsaturated/α-hetero) is 1. The number of aromatic nitrogens is 1. The number of methoxy groups -OCH3 is 1. The van der Waals surface area contributed by atoms with Gasteiger partial charge in [0.15, 0.2) is 5.78 Å². The molecule has 1 fully saturated rings. The highest BCUT2D eigenvalue weighted by Crippen LogP contribution is 2.44. The van der Waals surface area contributed by atoms with Gasteiger partial charge in [-0.1, -0.05) is 60.7 Å². The Morgan fingerprint density at radius 1 is 1.04 bits per heavy atom. The van der Waals surface area contributed by atoms with Crippen LogP contribution in [0.15, 0.2) is 89.3 Å².